The van der Waals surface area contributed by atoms with Crippen LogP contribution in [0, 0.1) is 0 Å². The second kappa shape index (κ2) is 8.89. The summed E-state index contributed by atoms with van der Waals surface area (Å²) in [5.74, 6) is 0.393. The zero-order valence-corrected chi connectivity index (χ0v) is 18.9. The minimum absolute atomic E-state index is 0.0653. The number of nitrogens with zero attached hydrogens (tertiary/aromatic N) is 5. The number of fused-ring (bicyclic) bond motifs is 2. The van der Waals surface area contributed by atoms with Gasteiger partial charge in [-0.2, -0.15) is 9.61 Å². The molecule has 1 aliphatic heterocycles. The summed E-state index contributed by atoms with van der Waals surface area (Å²) in [5, 5.41) is 7.29. The van der Waals surface area contributed by atoms with Gasteiger partial charge in [-0.1, -0.05) is 0 Å². The molecule has 1 fully saturated rings. The van der Waals surface area contributed by atoms with Gasteiger partial charge in [-0.3, -0.25) is 5.32 Å². The van der Waals surface area contributed by atoms with E-state index in [-0.39, 0.29) is 18.8 Å². The molecule has 5 rings (SSSR count). The van der Waals surface area contributed by atoms with Gasteiger partial charge in [0, 0.05) is 43.1 Å². The number of aromatic nitrogens is 5. The number of carbonyl (C=O) groups excluding carboxylic acids is 1. The molecular formula is C23H27N6O4+. The van der Waals surface area contributed by atoms with Gasteiger partial charge in [0.2, 0.25) is 5.82 Å². The van der Waals surface area contributed by atoms with Crippen molar-refractivity contribution in [3.05, 3.63) is 42.4 Å². The maximum Gasteiger partial charge on any atom is 0.343 e. The largest absolute Gasteiger partial charge is 0.462 e. The summed E-state index contributed by atoms with van der Waals surface area (Å²) in [6.45, 7) is 3.28. The number of rotatable bonds is 6. The van der Waals surface area contributed by atoms with Crippen LogP contribution in [0.15, 0.2) is 36.8 Å². The average molecular weight is 452 g/mol. The van der Waals surface area contributed by atoms with E-state index in [1.54, 1.807) is 24.7 Å². The Balaban J connectivity index is 1.70. The normalized spacial score (nSPS) is 18.8. The molecule has 1 saturated heterocycles. The smallest absolute Gasteiger partial charge is 0.343 e. The van der Waals surface area contributed by atoms with Crippen molar-refractivity contribution >= 4 is 28.5 Å². The number of pyridine rings is 1. The lowest BCUT2D eigenvalue weighted by Gasteiger charge is -2.31. The molecule has 2 atom stereocenters. The Morgan fingerprint density at radius 2 is 2.24 bits per heavy atom. The van der Waals surface area contributed by atoms with Crippen LogP contribution in [0.3, 0.4) is 0 Å². The molecule has 10 heteroatoms. The first-order chi connectivity index (χ1) is 16.2. The summed E-state index contributed by atoms with van der Waals surface area (Å²) in [7, 11) is 3.64. The molecular weight excluding hydrogens is 424 g/mol. The Hall–Kier alpha value is -3.34. The Kier molecular flexibility index (Phi) is 5.79. The third-order valence-corrected chi connectivity index (χ3v) is 6.09. The van der Waals surface area contributed by atoms with Crippen molar-refractivity contribution in [2.75, 3.05) is 34.0 Å². The van der Waals surface area contributed by atoms with E-state index in [4.69, 9.17) is 19.2 Å². The SMILES string of the molecule is CCOC(=O)c1cnn2c([NH2+]C)cc(-c3cn(C4CCOCC4OC)c4ncccc34)nc12. The lowest BCUT2D eigenvalue weighted by Crippen LogP contribution is -2.73. The Morgan fingerprint density at radius 1 is 1.36 bits per heavy atom. The zero-order chi connectivity index (χ0) is 22.9. The van der Waals surface area contributed by atoms with E-state index in [1.807, 2.05) is 30.6 Å². The highest BCUT2D eigenvalue weighted by Gasteiger charge is 2.30. The fourth-order valence-electron chi connectivity index (χ4n) is 4.47. The fourth-order valence-corrected chi connectivity index (χ4v) is 4.47. The molecule has 1 aliphatic rings. The maximum atomic E-state index is 12.5. The van der Waals surface area contributed by atoms with Gasteiger partial charge in [-0.05, 0) is 25.5 Å². The van der Waals surface area contributed by atoms with Crippen LogP contribution < -0.4 is 5.32 Å². The van der Waals surface area contributed by atoms with Gasteiger partial charge in [0.15, 0.2) is 5.65 Å². The quantitative estimate of drug-likeness (QED) is 0.445. The molecule has 10 nitrogen and oxygen atoms in total. The highest BCUT2D eigenvalue weighted by atomic mass is 16.5. The van der Waals surface area contributed by atoms with E-state index < -0.39 is 5.97 Å². The molecule has 5 heterocycles. The highest BCUT2D eigenvalue weighted by molar-refractivity contribution is 5.97. The topological polar surface area (TPSA) is 109 Å². The van der Waals surface area contributed by atoms with Gasteiger partial charge < -0.3 is 18.8 Å². The number of esters is 1. The first-order valence-corrected chi connectivity index (χ1v) is 11.1. The monoisotopic (exact) mass is 451 g/mol. The summed E-state index contributed by atoms with van der Waals surface area (Å²) >= 11 is 0. The van der Waals surface area contributed by atoms with Gasteiger partial charge in [-0.25, -0.2) is 14.8 Å². The van der Waals surface area contributed by atoms with E-state index >= 15 is 0 Å². The van der Waals surface area contributed by atoms with Gasteiger partial charge in [0.1, 0.15) is 17.3 Å². The summed E-state index contributed by atoms with van der Waals surface area (Å²) in [4.78, 5) is 22.0. The molecule has 0 saturated carbocycles. The third kappa shape index (κ3) is 3.65. The fraction of sp³-hybridized carbons (Fsp3) is 0.391. The van der Waals surface area contributed by atoms with E-state index in [1.165, 1.54) is 6.20 Å². The molecule has 33 heavy (non-hydrogen) atoms. The number of methoxy groups -OCH3 is 1. The number of quaternary nitrogens is 1. The standard InChI is InChI=1S/C23H26N6O4/c1-4-33-23(30)15-11-26-29-20(24-2)10-17(27-22(15)29)16-12-28(21-14(16)6-5-8-25-21)18-7-9-32-13-19(18)31-3/h5-6,8,10-12,18-19,24H,4,7,9,13H2,1-3H3/p+1. The molecule has 2 N–H and O–H groups in total. The Labute approximate surface area is 190 Å². The van der Waals surface area contributed by atoms with Crippen molar-refractivity contribution in [1.29, 1.82) is 0 Å². The number of hydrogen-bond donors (Lipinski definition) is 1. The van der Waals surface area contributed by atoms with Crippen LogP contribution in [0.5, 0.6) is 0 Å². The predicted octanol–water partition coefficient (Wildman–Crippen LogP) is 1.72. The van der Waals surface area contributed by atoms with E-state index in [0.29, 0.717) is 24.4 Å². The summed E-state index contributed by atoms with van der Waals surface area (Å²) < 4.78 is 20.4. The first kappa shape index (κ1) is 21.5. The lowest BCUT2D eigenvalue weighted by molar-refractivity contribution is -0.544. The summed E-state index contributed by atoms with van der Waals surface area (Å²) in [5.41, 5.74) is 3.34. The molecule has 2 unspecified atom stereocenters. The molecule has 0 spiro atoms. The minimum atomic E-state index is -0.437. The lowest BCUT2D eigenvalue weighted by atomic mass is 10.1. The van der Waals surface area contributed by atoms with Crippen molar-refractivity contribution in [3.63, 3.8) is 0 Å². The van der Waals surface area contributed by atoms with Crippen molar-refractivity contribution in [1.82, 2.24) is 24.1 Å². The van der Waals surface area contributed by atoms with Gasteiger partial charge in [0.25, 0.3) is 0 Å². The average Bonchev–Trinajstić information content (AvgIpc) is 3.45. The molecule has 0 aliphatic carbocycles. The Morgan fingerprint density at radius 3 is 3.03 bits per heavy atom. The third-order valence-electron chi connectivity index (χ3n) is 6.09. The van der Waals surface area contributed by atoms with Crippen LogP contribution in [0.4, 0.5) is 5.82 Å². The molecule has 172 valence electrons. The van der Waals surface area contributed by atoms with E-state index in [2.05, 4.69) is 20.8 Å². The summed E-state index contributed by atoms with van der Waals surface area (Å²) in [6.07, 6.45) is 6.14. The molecule has 0 radical (unpaired) electrons. The van der Waals surface area contributed by atoms with Crippen LogP contribution in [0.2, 0.25) is 0 Å². The predicted molar refractivity (Wildman–Crippen MR) is 120 cm³/mol. The first-order valence-electron chi connectivity index (χ1n) is 11.1. The Bertz CT molecular complexity index is 1310. The highest BCUT2D eigenvalue weighted by Crippen LogP contribution is 2.35. The molecule has 0 aromatic carbocycles. The second-order valence-corrected chi connectivity index (χ2v) is 7.90. The maximum absolute atomic E-state index is 12.5. The van der Waals surface area contributed by atoms with Crippen LogP contribution in [-0.4, -0.2) is 70.2 Å². The minimum Gasteiger partial charge on any atom is -0.462 e. The van der Waals surface area contributed by atoms with Crippen molar-refractivity contribution < 1.29 is 24.3 Å². The number of carbonyl (C=O) groups is 1. The number of ether oxygens (including phenoxy) is 3. The van der Waals surface area contributed by atoms with Crippen LogP contribution in [0.25, 0.3) is 27.9 Å². The number of nitrogens with two attached hydrogens (primary N) is 1. The van der Waals surface area contributed by atoms with Crippen LogP contribution >= 0.6 is 0 Å². The van der Waals surface area contributed by atoms with Crippen molar-refractivity contribution in [2.24, 2.45) is 0 Å². The van der Waals surface area contributed by atoms with Gasteiger partial charge >= 0.3 is 5.97 Å². The van der Waals surface area contributed by atoms with E-state index in [0.717, 1.165) is 34.5 Å². The van der Waals surface area contributed by atoms with Gasteiger partial charge in [-0.15, -0.1) is 0 Å². The molecule has 4 aromatic rings. The van der Waals surface area contributed by atoms with Gasteiger partial charge in [0.05, 0.1) is 38.2 Å². The van der Waals surface area contributed by atoms with Crippen molar-refractivity contribution in [2.45, 2.75) is 25.5 Å². The second-order valence-electron chi connectivity index (χ2n) is 7.90. The zero-order valence-electron chi connectivity index (χ0n) is 18.9. The van der Waals surface area contributed by atoms with Crippen LogP contribution in [-0.2, 0) is 14.2 Å². The van der Waals surface area contributed by atoms with E-state index in [9.17, 15) is 4.79 Å². The van der Waals surface area contributed by atoms with Crippen LogP contribution in [0.1, 0.15) is 29.7 Å². The molecule has 4 aromatic heterocycles. The summed E-state index contributed by atoms with van der Waals surface area (Å²) in [6, 6.07) is 6.03. The molecule has 0 bridgehead atoms. The van der Waals surface area contributed by atoms with Crippen molar-refractivity contribution in [3.8, 4) is 11.3 Å². The molecule has 0 amide bonds. The number of hydrogen-bond acceptors (Lipinski definition) is 7.